The highest BCUT2D eigenvalue weighted by Gasteiger charge is 2.02. The Morgan fingerprint density at radius 2 is 2.09 bits per heavy atom. The number of hydrogen-bond donors (Lipinski definition) is 1. The molecule has 2 rings (SSSR count). The average molecular weight is 333 g/mol. The van der Waals surface area contributed by atoms with Gasteiger partial charge in [0.25, 0.3) is 0 Å². The van der Waals surface area contributed by atoms with Crippen LogP contribution in [0.3, 0.4) is 0 Å². The van der Waals surface area contributed by atoms with Gasteiger partial charge in [0, 0.05) is 10.8 Å². The van der Waals surface area contributed by atoms with Crippen LogP contribution in [0.2, 0.25) is 5.02 Å². The minimum atomic E-state index is -0.114. The fourth-order valence-electron chi connectivity index (χ4n) is 1.82. The third-order valence-corrected chi connectivity index (χ3v) is 4.22. The molecule has 2 aromatic rings. The van der Waals surface area contributed by atoms with E-state index in [-0.39, 0.29) is 5.91 Å². The molecule has 0 aliphatic carbocycles. The minimum Gasteiger partial charge on any atom is -0.272 e. The lowest BCUT2D eigenvalue weighted by molar-refractivity contribution is -0.118. The maximum absolute atomic E-state index is 11.7. The summed E-state index contributed by atoms with van der Waals surface area (Å²) < 4.78 is 0. The predicted octanol–water partition coefficient (Wildman–Crippen LogP) is 4.03. The minimum absolute atomic E-state index is 0.114. The summed E-state index contributed by atoms with van der Waals surface area (Å²) in [6, 6.07) is 15.5. The van der Waals surface area contributed by atoms with Crippen LogP contribution in [-0.2, 0) is 10.5 Å². The molecule has 0 saturated heterocycles. The van der Waals surface area contributed by atoms with Crippen LogP contribution in [-0.4, -0.2) is 17.9 Å². The fraction of sp³-hybridized carbons (Fsp3) is 0.176. The van der Waals surface area contributed by atoms with Gasteiger partial charge in [-0.3, -0.25) is 4.79 Å². The molecular weight excluding hydrogens is 316 g/mol. The number of aryl methyl sites for hydroxylation is 1. The normalized spacial score (nSPS) is 10.8. The van der Waals surface area contributed by atoms with Crippen molar-refractivity contribution in [2.45, 2.75) is 12.7 Å². The summed E-state index contributed by atoms with van der Waals surface area (Å²) >= 11 is 7.44. The number of nitrogens with zero attached hydrogens (tertiary/aromatic N) is 1. The van der Waals surface area contributed by atoms with E-state index in [1.54, 1.807) is 30.1 Å². The van der Waals surface area contributed by atoms with E-state index >= 15 is 0 Å². The van der Waals surface area contributed by atoms with Gasteiger partial charge in [0.05, 0.1) is 12.0 Å². The van der Waals surface area contributed by atoms with E-state index in [1.165, 1.54) is 11.1 Å². The van der Waals surface area contributed by atoms with E-state index in [1.807, 2.05) is 24.3 Å². The molecule has 0 aliphatic heterocycles. The van der Waals surface area contributed by atoms with Crippen molar-refractivity contribution in [3.05, 3.63) is 70.2 Å². The first-order valence-corrected chi connectivity index (χ1v) is 8.38. The molecular formula is C17H17ClN2OS. The fourth-order valence-corrected chi connectivity index (χ4v) is 2.92. The highest BCUT2D eigenvalue weighted by Crippen LogP contribution is 2.15. The maximum Gasteiger partial charge on any atom is 0.250 e. The Morgan fingerprint density at radius 3 is 2.86 bits per heavy atom. The van der Waals surface area contributed by atoms with Gasteiger partial charge in [-0.2, -0.15) is 5.10 Å². The summed E-state index contributed by atoms with van der Waals surface area (Å²) in [7, 11) is 0. The molecule has 0 saturated carbocycles. The molecule has 5 heteroatoms. The van der Waals surface area contributed by atoms with E-state index in [0.29, 0.717) is 10.8 Å². The second kappa shape index (κ2) is 8.61. The van der Waals surface area contributed by atoms with Gasteiger partial charge in [-0.1, -0.05) is 48.0 Å². The summed E-state index contributed by atoms with van der Waals surface area (Å²) in [5, 5.41) is 4.57. The van der Waals surface area contributed by atoms with Crippen LogP contribution in [0, 0.1) is 6.92 Å². The summed E-state index contributed by atoms with van der Waals surface area (Å²) in [5.74, 6) is 1.08. The average Bonchev–Trinajstić information content (AvgIpc) is 2.49. The first-order chi connectivity index (χ1) is 10.6. The number of halogens is 1. The standard InChI is InChI=1S/C17H17ClN2OS/c1-13-5-2-3-7-15(13)11-22-12-17(21)20-19-10-14-6-4-8-16(18)9-14/h2-10H,11-12H2,1H3,(H,20,21)/b19-10-. The molecule has 1 amide bonds. The Labute approximate surface area is 139 Å². The topological polar surface area (TPSA) is 41.5 Å². The summed E-state index contributed by atoms with van der Waals surface area (Å²) in [4.78, 5) is 11.7. The Balaban J connectivity index is 1.73. The van der Waals surface area contributed by atoms with Crippen molar-refractivity contribution in [1.82, 2.24) is 5.43 Å². The van der Waals surface area contributed by atoms with Crippen LogP contribution in [0.25, 0.3) is 0 Å². The van der Waals surface area contributed by atoms with Gasteiger partial charge < -0.3 is 0 Å². The molecule has 0 bridgehead atoms. The van der Waals surface area contributed by atoms with Crippen LogP contribution in [0.1, 0.15) is 16.7 Å². The molecule has 0 radical (unpaired) electrons. The van der Waals surface area contributed by atoms with Crippen LogP contribution in [0.15, 0.2) is 53.6 Å². The van der Waals surface area contributed by atoms with Crippen molar-refractivity contribution in [1.29, 1.82) is 0 Å². The van der Waals surface area contributed by atoms with Crippen molar-refractivity contribution in [2.24, 2.45) is 5.10 Å². The van der Waals surface area contributed by atoms with Crippen molar-refractivity contribution in [2.75, 3.05) is 5.75 Å². The number of amides is 1. The molecule has 0 aliphatic rings. The van der Waals surface area contributed by atoms with Gasteiger partial charge in [-0.25, -0.2) is 5.43 Å². The largest absolute Gasteiger partial charge is 0.272 e. The number of hydrazone groups is 1. The van der Waals surface area contributed by atoms with E-state index < -0.39 is 0 Å². The lowest BCUT2D eigenvalue weighted by Crippen LogP contribution is -2.19. The zero-order valence-electron chi connectivity index (χ0n) is 12.3. The highest BCUT2D eigenvalue weighted by molar-refractivity contribution is 7.99. The van der Waals surface area contributed by atoms with E-state index in [2.05, 4.69) is 29.6 Å². The maximum atomic E-state index is 11.7. The molecule has 114 valence electrons. The van der Waals surface area contributed by atoms with Gasteiger partial charge in [0.1, 0.15) is 0 Å². The number of thioether (sulfide) groups is 1. The quantitative estimate of drug-likeness (QED) is 0.641. The highest BCUT2D eigenvalue weighted by atomic mass is 35.5. The molecule has 22 heavy (non-hydrogen) atoms. The zero-order valence-corrected chi connectivity index (χ0v) is 13.8. The van der Waals surface area contributed by atoms with Crippen molar-refractivity contribution < 1.29 is 4.79 Å². The van der Waals surface area contributed by atoms with Crippen molar-refractivity contribution in [3.63, 3.8) is 0 Å². The van der Waals surface area contributed by atoms with Crippen LogP contribution >= 0.6 is 23.4 Å². The SMILES string of the molecule is Cc1ccccc1CSCC(=O)N/N=C\c1cccc(Cl)c1. The number of carbonyl (C=O) groups is 1. The molecule has 0 spiro atoms. The monoisotopic (exact) mass is 332 g/mol. The molecule has 0 aromatic heterocycles. The Hall–Kier alpha value is -1.78. The predicted molar refractivity (Wildman–Crippen MR) is 94.5 cm³/mol. The zero-order chi connectivity index (χ0) is 15.8. The summed E-state index contributed by atoms with van der Waals surface area (Å²) in [5.41, 5.74) is 5.86. The number of nitrogens with one attached hydrogen (secondary N) is 1. The number of hydrogen-bond acceptors (Lipinski definition) is 3. The van der Waals surface area contributed by atoms with Gasteiger partial charge in [0.15, 0.2) is 0 Å². The van der Waals surface area contributed by atoms with Crippen LogP contribution in [0.5, 0.6) is 0 Å². The van der Waals surface area contributed by atoms with E-state index in [4.69, 9.17) is 11.6 Å². The first kappa shape index (κ1) is 16.6. The van der Waals surface area contributed by atoms with Gasteiger partial charge in [-0.05, 0) is 35.7 Å². The molecule has 0 unspecified atom stereocenters. The van der Waals surface area contributed by atoms with E-state index in [9.17, 15) is 4.79 Å². The van der Waals surface area contributed by atoms with Gasteiger partial charge in [0.2, 0.25) is 5.91 Å². The molecule has 2 aromatic carbocycles. The molecule has 1 N–H and O–H groups in total. The third-order valence-electron chi connectivity index (χ3n) is 3.00. The Morgan fingerprint density at radius 1 is 1.27 bits per heavy atom. The van der Waals surface area contributed by atoms with Crippen LogP contribution in [0.4, 0.5) is 0 Å². The summed E-state index contributed by atoms with van der Waals surface area (Å²) in [6.07, 6.45) is 1.58. The van der Waals surface area contributed by atoms with Gasteiger partial charge >= 0.3 is 0 Å². The van der Waals surface area contributed by atoms with E-state index in [0.717, 1.165) is 11.3 Å². The third kappa shape index (κ3) is 5.54. The smallest absolute Gasteiger partial charge is 0.250 e. The molecule has 0 atom stereocenters. The first-order valence-electron chi connectivity index (χ1n) is 6.85. The lowest BCUT2D eigenvalue weighted by Gasteiger charge is -2.04. The summed E-state index contributed by atoms with van der Waals surface area (Å²) in [6.45, 7) is 2.07. The Bertz CT molecular complexity index is 673. The van der Waals surface area contributed by atoms with Crippen molar-refractivity contribution in [3.8, 4) is 0 Å². The van der Waals surface area contributed by atoms with Gasteiger partial charge in [-0.15, -0.1) is 11.8 Å². The number of rotatable bonds is 6. The number of carbonyl (C=O) groups excluding carboxylic acids is 1. The Kier molecular flexibility index (Phi) is 6.49. The second-order valence-electron chi connectivity index (χ2n) is 4.77. The molecule has 0 heterocycles. The lowest BCUT2D eigenvalue weighted by atomic mass is 10.1. The second-order valence-corrected chi connectivity index (χ2v) is 6.19. The molecule has 0 fully saturated rings. The van der Waals surface area contributed by atoms with Crippen molar-refractivity contribution >= 4 is 35.5 Å². The molecule has 3 nitrogen and oxygen atoms in total. The van der Waals surface area contributed by atoms with Crippen LogP contribution < -0.4 is 5.43 Å². The number of benzene rings is 2.